The summed E-state index contributed by atoms with van der Waals surface area (Å²) < 4.78 is 0. The van der Waals surface area contributed by atoms with E-state index in [1.807, 2.05) is 72.8 Å². The van der Waals surface area contributed by atoms with Gasteiger partial charge in [-0.2, -0.15) is 0 Å². The molecular formula is C21H18O. The Morgan fingerprint density at radius 3 is 1.64 bits per heavy atom. The predicted octanol–water partition coefficient (Wildman–Crippen LogP) is 4.53. The fourth-order valence-corrected chi connectivity index (χ4v) is 3.00. The highest BCUT2D eigenvalue weighted by Gasteiger charge is 2.36. The number of hydrogen-bond acceptors (Lipinski definition) is 1. The van der Waals surface area contributed by atoms with Gasteiger partial charge in [0.25, 0.3) is 0 Å². The molecule has 0 aliphatic carbocycles. The molecule has 0 amide bonds. The molecule has 22 heavy (non-hydrogen) atoms. The van der Waals surface area contributed by atoms with E-state index in [0.717, 1.165) is 28.5 Å². The summed E-state index contributed by atoms with van der Waals surface area (Å²) in [6, 6.07) is 28.1. The maximum Gasteiger partial charge on any atom is 0.139 e. The summed E-state index contributed by atoms with van der Waals surface area (Å²) in [4.78, 5) is 12.3. The molecule has 0 heterocycles. The van der Waals surface area contributed by atoms with Crippen LogP contribution >= 0.6 is 0 Å². The zero-order chi connectivity index (χ0) is 15.4. The molecule has 3 aromatic carbocycles. The number of carbonyl (C=O) groups is 1. The zero-order valence-corrected chi connectivity index (χ0v) is 12.6. The lowest BCUT2D eigenvalue weighted by atomic mass is 9.70. The minimum absolute atomic E-state index is 0.769. The quantitative estimate of drug-likeness (QED) is 0.509. The summed E-state index contributed by atoms with van der Waals surface area (Å²) in [6.45, 7) is 2.05. The Morgan fingerprint density at radius 2 is 1.18 bits per heavy atom. The Bertz CT molecular complexity index is 721. The summed E-state index contributed by atoms with van der Waals surface area (Å²) in [5.74, 6) is 0. The highest BCUT2D eigenvalue weighted by molar-refractivity contribution is 5.81. The zero-order valence-electron chi connectivity index (χ0n) is 12.6. The van der Waals surface area contributed by atoms with Gasteiger partial charge in [-0.3, -0.25) is 0 Å². The maximum atomic E-state index is 12.3. The number of rotatable bonds is 4. The van der Waals surface area contributed by atoms with E-state index in [2.05, 4.69) is 19.1 Å². The molecule has 0 atom stereocenters. The lowest BCUT2D eigenvalue weighted by molar-refractivity contribution is -0.110. The first-order valence-corrected chi connectivity index (χ1v) is 7.42. The van der Waals surface area contributed by atoms with E-state index in [9.17, 15) is 4.79 Å². The van der Waals surface area contributed by atoms with Crippen molar-refractivity contribution in [1.29, 1.82) is 0 Å². The molecule has 0 radical (unpaired) electrons. The van der Waals surface area contributed by atoms with Crippen LogP contribution < -0.4 is 0 Å². The molecular weight excluding hydrogens is 268 g/mol. The third-order valence-electron chi connectivity index (χ3n) is 4.11. The van der Waals surface area contributed by atoms with Crippen LogP contribution in [-0.2, 0) is 10.2 Å². The minimum atomic E-state index is -0.769. The minimum Gasteiger partial charge on any atom is -0.302 e. The highest BCUT2D eigenvalue weighted by Crippen LogP contribution is 2.37. The van der Waals surface area contributed by atoms with Gasteiger partial charge in [-0.15, -0.1) is 0 Å². The Labute approximate surface area is 131 Å². The van der Waals surface area contributed by atoms with E-state index in [-0.39, 0.29) is 0 Å². The van der Waals surface area contributed by atoms with Gasteiger partial charge in [0.05, 0.1) is 0 Å². The van der Waals surface area contributed by atoms with Gasteiger partial charge < -0.3 is 4.79 Å². The summed E-state index contributed by atoms with van der Waals surface area (Å²) in [5.41, 5.74) is 3.35. The average Bonchev–Trinajstić information content (AvgIpc) is 2.58. The molecule has 3 aromatic rings. The summed E-state index contributed by atoms with van der Waals surface area (Å²) in [5, 5.41) is 0. The van der Waals surface area contributed by atoms with Gasteiger partial charge in [0.2, 0.25) is 0 Å². The monoisotopic (exact) mass is 286 g/mol. The molecule has 0 aliphatic rings. The second kappa shape index (κ2) is 5.98. The smallest absolute Gasteiger partial charge is 0.139 e. The van der Waals surface area contributed by atoms with E-state index in [1.165, 1.54) is 0 Å². The average molecular weight is 286 g/mol. The van der Waals surface area contributed by atoms with Gasteiger partial charge in [-0.1, -0.05) is 90.5 Å². The molecule has 0 fully saturated rings. The normalized spacial score (nSPS) is 11.1. The van der Waals surface area contributed by atoms with Crippen LogP contribution in [0.2, 0.25) is 0 Å². The van der Waals surface area contributed by atoms with Gasteiger partial charge in [-0.05, 0) is 23.6 Å². The number of benzene rings is 3. The largest absolute Gasteiger partial charge is 0.302 e. The van der Waals surface area contributed by atoms with Crippen molar-refractivity contribution < 1.29 is 4.79 Å². The van der Waals surface area contributed by atoms with E-state index in [0.29, 0.717) is 0 Å². The van der Waals surface area contributed by atoms with Crippen LogP contribution in [0.5, 0.6) is 0 Å². The SMILES string of the molecule is Cc1cccc(C(C=O)(c2ccccc2)c2ccccc2)c1. The Balaban J connectivity index is 2.33. The number of aldehydes is 1. The molecule has 0 unspecified atom stereocenters. The van der Waals surface area contributed by atoms with Crippen LogP contribution in [-0.4, -0.2) is 6.29 Å². The van der Waals surface area contributed by atoms with E-state index in [1.54, 1.807) is 0 Å². The molecule has 1 nitrogen and oxygen atoms in total. The van der Waals surface area contributed by atoms with Gasteiger partial charge in [0, 0.05) is 0 Å². The molecule has 0 aromatic heterocycles. The van der Waals surface area contributed by atoms with Crippen molar-refractivity contribution in [2.24, 2.45) is 0 Å². The van der Waals surface area contributed by atoms with Crippen LogP contribution in [0.3, 0.4) is 0 Å². The number of carbonyl (C=O) groups excluding carboxylic acids is 1. The van der Waals surface area contributed by atoms with Gasteiger partial charge in [0.15, 0.2) is 0 Å². The summed E-state index contributed by atoms with van der Waals surface area (Å²) in [7, 11) is 0. The second-order valence-corrected chi connectivity index (χ2v) is 5.53. The van der Waals surface area contributed by atoms with Crippen molar-refractivity contribution in [2.75, 3.05) is 0 Å². The lowest BCUT2D eigenvalue weighted by Gasteiger charge is -2.30. The van der Waals surface area contributed by atoms with E-state index < -0.39 is 5.41 Å². The topological polar surface area (TPSA) is 17.1 Å². The van der Waals surface area contributed by atoms with Crippen LogP contribution in [0, 0.1) is 6.92 Å². The van der Waals surface area contributed by atoms with E-state index >= 15 is 0 Å². The maximum absolute atomic E-state index is 12.3. The molecule has 0 bridgehead atoms. The van der Waals surface area contributed by atoms with Crippen molar-refractivity contribution in [3.8, 4) is 0 Å². The van der Waals surface area contributed by atoms with Crippen LogP contribution in [0.1, 0.15) is 22.3 Å². The summed E-state index contributed by atoms with van der Waals surface area (Å²) in [6.07, 6.45) is 1.06. The van der Waals surface area contributed by atoms with Gasteiger partial charge >= 0.3 is 0 Å². The van der Waals surface area contributed by atoms with Crippen molar-refractivity contribution in [3.05, 3.63) is 107 Å². The van der Waals surface area contributed by atoms with Crippen molar-refractivity contribution >= 4 is 6.29 Å². The fraction of sp³-hybridized carbons (Fsp3) is 0.0952. The predicted molar refractivity (Wildman–Crippen MR) is 90.0 cm³/mol. The van der Waals surface area contributed by atoms with Crippen LogP contribution in [0.25, 0.3) is 0 Å². The molecule has 108 valence electrons. The third kappa shape index (κ3) is 2.35. The van der Waals surface area contributed by atoms with Crippen molar-refractivity contribution in [2.45, 2.75) is 12.3 Å². The Hall–Kier alpha value is -2.67. The van der Waals surface area contributed by atoms with Gasteiger partial charge in [0.1, 0.15) is 11.7 Å². The first-order chi connectivity index (χ1) is 10.8. The molecule has 0 spiro atoms. The van der Waals surface area contributed by atoms with Crippen molar-refractivity contribution in [3.63, 3.8) is 0 Å². The second-order valence-electron chi connectivity index (χ2n) is 5.53. The van der Waals surface area contributed by atoms with E-state index in [4.69, 9.17) is 0 Å². The first-order valence-electron chi connectivity index (χ1n) is 7.42. The standard InChI is InChI=1S/C21H18O/c1-17-9-8-14-20(15-17)21(16-22,18-10-4-2-5-11-18)19-12-6-3-7-13-19/h2-16H,1H3. The molecule has 0 aliphatic heterocycles. The molecule has 1 heteroatoms. The van der Waals surface area contributed by atoms with Crippen LogP contribution in [0.4, 0.5) is 0 Å². The number of hydrogen-bond donors (Lipinski definition) is 0. The molecule has 0 N–H and O–H groups in total. The Kier molecular flexibility index (Phi) is 3.88. The Morgan fingerprint density at radius 1 is 0.682 bits per heavy atom. The molecule has 3 rings (SSSR count). The fourth-order valence-electron chi connectivity index (χ4n) is 3.00. The highest BCUT2D eigenvalue weighted by atomic mass is 16.1. The van der Waals surface area contributed by atoms with Gasteiger partial charge in [-0.25, -0.2) is 0 Å². The first kappa shape index (κ1) is 14.3. The molecule has 0 saturated heterocycles. The number of aryl methyl sites for hydroxylation is 1. The van der Waals surface area contributed by atoms with Crippen molar-refractivity contribution in [1.82, 2.24) is 0 Å². The third-order valence-corrected chi connectivity index (χ3v) is 4.11. The summed E-state index contributed by atoms with van der Waals surface area (Å²) >= 11 is 0. The lowest BCUT2D eigenvalue weighted by Crippen LogP contribution is -2.31. The van der Waals surface area contributed by atoms with Crippen LogP contribution in [0.15, 0.2) is 84.9 Å². The molecule has 0 saturated carbocycles.